The summed E-state index contributed by atoms with van der Waals surface area (Å²) in [5.74, 6) is -3.71. The molecule has 1 heterocycles. The van der Waals surface area contributed by atoms with E-state index in [1.165, 1.54) is 0 Å². The molecule has 0 radical (unpaired) electrons. The van der Waals surface area contributed by atoms with Gasteiger partial charge in [0.25, 0.3) is 0 Å². The van der Waals surface area contributed by atoms with E-state index in [1.54, 1.807) is 0 Å². The van der Waals surface area contributed by atoms with Crippen LogP contribution in [0.25, 0.3) is 11.0 Å². The first-order valence-electron chi connectivity index (χ1n) is 6.05. The average Bonchev–Trinajstić information content (AvgIpc) is 2.73. The molecule has 0 aliphatic heterocycles. The van der Waals surface area contributed by atoms with Crippen molar-refractivity contribution < 1.29 is 26.7 Å². The largest absolute Gasteiger partial charge is 0.449 e. The Morgan fingerprint density at radius 3 is 2.43 bits per heavy atom. The molecule has 0 fully saturated rings. The number of nitrogens with zero attached hydrogens (tertiary/aromatic N) is 2. The lowest BCUT2D eigenvalue weighted by Crippen LogP contribution is -2.18. The highest BCUT2D eigenvalue weighted by Gasteiger charge is 2.37. The number of halogens is 5. The molecular formula is C12H12F5N3O. The lowest BCUT2D eigenvalue weighted by molar-refractivity contribution is -0.147. The molecular weight excluding hydrogens is 297 g/mol. The molecule has 21 heavy (non-hydrogen) atoms. The quantitative estimate of drug-likeness (QED) is 0.681. The van der Waals surface area contributed by atoms with Gasteiger partial charge in [-0.25, -0.2) is 13.8 Å². The number of benzene rings is 1. The molecule has 0 aliphatic rings. The van der Waals surface area contributed by atoms with E-state index in [0.717, 1.165) is 4.57 Å². The van der Waals surface area contributed by atoms with Gasteiger partial charge in [-0.3, -0.25) is 0 Å². The molecule has 0 aliphatic carbocycles. The second kappa shape index (κ2) is 5.94. The molecule has 9 heteroatoms. The number of fused-ring (bicyclic) bond motifs is 1. The van der Waals surface area contributed by atoms with Gasteiger partial charge in [-0.1, -0.05) is 0 Å². The van der Waals surface area contributed by atoms with Crippen molar-refractivity contribution in [3.05, 3.63) is 29.6 Å². The van der Waals surface area contributed by atoms with Crippen LogP contribution in [0, 0.1) is 11.6 Å². The second-order valence-electron chi connectivity index (χ2n) is 4.24. The van der Waals surface area contributed by atoms with Gasteiger partial charge in [-0.15, -0.1) is 0 Å². The predicted molar refractivity (Wildman–Crippen MR) is 64.5 cm³/mol. The predicted octanol–water partition coefficient (Wildman–Crippen LogP) is 2.31. The monoisotopic (exact) mass is 309 g/mol. The third kappa shape index (κ3) is 3.30. The Morgan fingerprint density at radius 1 is 1.14 bits per heavy atom. The topological polar surface area (TPSA) is 53.1 Å². The molecule has 2 aromatic rings. The number of aromatic nitrogens is 2. The van der Waals surface area contributed by atoms with Crippen LogP contribution in [0.4, 0.5) is 22.0 Å². The highest BCUT2D eigenvalue weighted by Crippen LogP contribution is 2.32. The molecule has 0 bridgehead atoms. The molecule has 0 spiro atoms. The Hall–Kier alpha value is -1.74. The zero-order valence-electron chi connectivity index (χ0n) is 10.8. The molecule has 1 aromatic carbocycles. The summed E-state index contributed by atoms with van der Waals surface area (Å²) in [5.41, 5.74) is 4.79. The van der Waals surface area contributed by atoms with Crippen LogP contribution in [0.3, 0.4) is 0 Å². The summed E-state index contributed by atoms with van der Waals surface area (Å²) in [7, 11) is 0. The van der Waals surface area contributed by atoms with Crippen LogP contribution in [0.2, 0.25) is 0 Å². The Kier molecular flexibility index (Phi) is 4.43. The number of hydrogen-bond acceptors (Lipinski definition) is 3. The minimum atomic E-state index is -4.74. The van der Waals surface area contributed by atoms with Gasteiger partial charge in [0.15, 0.2) is 11.6 Å². The summed E-state index contributed by atoms with van der Waals surface area (Å²) in [5, 5.41) is 0. The van der Waals surface area contributed by atoms with E-state index in [9.17, 15) is 22.0 Å². The number of nitrogens with two attached hydrogens (primary N) is 1. The van der Waals surface area contributed by atoms with Crippen LogP contribution in [-0.2, 0) is 17.5 Å². The first kappa shape index (κ1) is 15.6. The maximum Gasteiger partial charge on any atom is 0.449 e. The summed E-state index contributed by atoms with van der Waals surface area (Å²) in [6.45, 7) is 0.175. The summed E-state index contributed by atoms with van der Waals surface area (Å²) < 4.78 is 70.9. The van der Waals surface area contributed by atoms with E-state index in [2.05, 4.69) is 4.98 Å². The van der Waals surface area contributed by atoms with Crippen LogP contribution in [0.15, 0.2) is 12.1 Å². The van der Waals surface area contributed by atoms with E-state index in [-0.39, 0.29) is 37.3 Å². The van der Waals surface area contributed by atoms with Crippen molar-refractivity contribution in [1.82, 2.24) is 9.55 Å². The molecule has 116 valence electrons. The van der Waals surface area contributed by atoms with Crippen molar-refractivity contribution in [3.8, 4) is 0 Å². The molecule has 2 rings (SSSR count). The first-order chi connectivity index (χ1) is 9.84. The number of rotatable bonds is 5. The molecule has 4 nitrogen and oxygen atoms in total. The van der Waals surface area contributed by atoms with Gasteiger partial charge in [0, 0.05) is 25.2 Å². The van der Waals surface area contributed by atoms with E-state index < -0.39 is 23.6 Å². The zero-order chi connectivity index (χ0) is 15.6. The van der Waals surface area contributed by atoms with E-state index in [0.29, 0.717) is 12.1 Å². The van der Waals surface area contributed by atoms with Crippen LogP contribution < -0.4 is 5.73 Å². The van der Waals surface area contributed by atoms with E-state index in [4.69, 9.17) is 10.5 Å². The fourth-order valence-corrected chi connectivity index (χ4v) is 1.90. The Morgan fingerprint density at radius 2 is 1.81 bits per heavy atom. The molecule has 0 saturated heterocycles. The summed E-state index contributed by atoms with van der Waals surface area (Å²) >= 11 is 0. The Balaban J connectivity index is 2.44. The minimum Gasteiger partial charge on any atom is -0.378 e. The maximum atomic E-state index is 13.2. The first-order valence-corrected chi connectivity index (χ1v) is 6.05. The normalized spacial score (nSPS) is 12.3. The summed E-state index contributed by atoms with van der Waals surface area (Å²) in [6, 6.07) is 1.33. The molecule has 0 atom stereocenters. The van der Waals surface area contributed by atoms with Crippen LogP contribution in [0.5, 0.6) is 0 Å². The van der Waals surface area contributed by atoms with Gasteiger partial charge in [-0.2, -0.15) is 13.2 Å². The Labute approximate surface area is 116 Å². The zero-order valence-corrected chi connectivity index (χ0v) is 10.8. The lowest BCUT2D eigenvalue weighted by Gasteiger charge is -2.11. The van der Waals surface area contributed by atoms with Gasteiger partial charge in [0.2, 0.25) is 5.82 Å². The third-order valence-electron chi connectivity index (χ3n) is 2.77. The van der Waals surface area contributed by atoms with Crippen molar-refractivity contribution >= 4 is 11.0 Å². The minimum absolute atomic E-state index is 0.0509. The van der Waals surface area contributed by atoms with E-state index in [1.807, 2.05) is 0 Å². The molecule has 1 aromatic heterocycles. The third-order valence-corrected chi connectivity index (χ3v) is 2.77. The number of ether oxygens (including phenoxy) is 1. The second-order valence-corrected chi connectivity index (χ2v) is 4.24. The molecule has 0 amide bonds. The molecule has 2 N–H and O–H groups in total. The average molecular weight is 309 g/mol. The van der Waals surface area contributed by atoms with Gasteiger partial charge >= 0.3 is 6.18 Å². The number of hydrogen-bond donors (Lipinski definition) is 1. The van der Waals surface area contributed by atoms with Gasteiger partial charge in [0.05, 0.1) is 24.2 Å². The van der Waals surface area contributed by atoms with Gasteiger partial charge < -0.3 is 15.0 Å². The number of alkyl halides is 3. The van der Waals surface area contributed by atoms with Crippen LogP contribution >= 0.6 is 0 Å². The van der Waals surface area contributed by atoms with Crippen molar-refractivity contribution in [3.63, 3.8) is 0 Å². The maximum absolute atomic E-state index is 13.2. The highest BCUT2D eigenvalue weighted by atomic mass is 19.4. The van der Waals surface area contributed by atoms with Crippen LogP contribution in [-0.4, -0.2) is 29.3 Å². The summed E-state index contributed by atoms with van der Waals surface area (Å²) in [4.78, 5) is 3.34. The van der Waals surface area contributed by atoms with Crippen molar-refractivity contribution in [1.29, 1.82) is 0 Å². The lowest BCUT2D eigenvalue weighted by atomic mass is 10.3. The van der Waals surface area contributed by atoms with Crippen LogP contribution in [0.1, 0.15) is 5.82 Å². The van der Waals surface area contributed by atoms with Gasteiger partial charge in [-0.05, 0) is 0 Å². The summed E-state index contributed by atoms with van der Waals surface area (Å²) in [6.07, 6.45) is -4.74. The standard InChI is InChI=1S/C12H12F5N3O/c13-7-5-9-10(6-8(7)14)20(2-4-21-3-1-18)11(19-9)12(15,16)17/h5-6H,1-4,18H2. The van der Waals surface area contributed by atoms with Crippen molar-refractivity contribution in [2.75, 3.05) is 19.8 Å². The SMILES string of the molecule is NCCOCCn1c(C(F)(F)F)nc2cc(F)c(F)cc21. The fraction of sp³-hybridized carbons (Fsp3) is 0.417. The number of imidazole rings is 1. The smallest absolute Gasteiger partial charge is 0.378 e. The van der Waals surface area contributed by atoms with Crippen molar-refractivity contribution in [2.45, 2.75) is 12.7 Å². The fourth-order valence-electron chi connectivity index (χ4n) is 1.90. The molecule has 0 saturated carbocycles. The highest BCUT2D eigenvalue weighted by molar-refractivity contribution is 5.76. The van der Waals surface area contributed by atoms with Crippen molar-refractivity contribution in [2.24, 2.45) is 5.73 Å². The van der Waals surface area contributed by atoms with E-state index >= 15 is 0 Å². The van der Waals surface area contributed by atoms with Gasteiger partial charge in [0.1, 0.15) is 0 Å². The Bertz CT molecular complexity index is 638. The molecule has 0 unspecified atom stereocenters.